The Bertz CT molecular complexity index is 1640. The van der Waals surface area contributed by atoms with E-state index in [1.807, 2.05) is 0 Å². The number of ether oxygens (including phenoxy) is 1. The summed E-state index contributed by atoms with van der Waals surface area (Å²) in [7, 11) is 0. The molecule has 0 saturated heterocycles. The van der Waals surface area contributed by atoms with Crippen LogP contribution in [0.4, 0.5) is 5.69 Å². The summed E-state index contributed by atoms with van der Waals surface area (Å²) in [6, 6.07) is -5.74. The van der Waals surface area contributed by atoms with Crippen LogP contribution in [0.15, 0.2) is 40.8 Å². The minimum absolute atomic E-state index is 0.273. The Labute approximate surface area is 193 Å². The van der Waals surface area contributed by atoms with E-state index in [0.29, 0.717) is 0 Å². The van der Waals surface area contributed by atoms with Gasteiger partial charge in [-0.1, -0.05) is 30.2 Å². The Morgan fingerprint density at radius 1 is 1.50 bits per heavy atom. The van der Waals surface area contributed by atoms with Crippen molar-refractivity contribution < 1.29 is 25.7 Å². The van der Waals surface area contributed by atoms with Gasteiger partial charge in [0.25, 0.3) is 5.89 Å². The lowest BCUT2D eigenvalue weighted by molar-refractivity contribution is 0.244. The average Bonchev–Trinajstić information content (AvgIpc) is 3.40. The van der Waals surface area contributed by atoms with Crippen molar-refractivity contribution in [2.45, 2.75) is 52.0 Å². The van der Waals surface area contributed by atoms with Crippen LogP contribution in [-0.2, 0) is 6.37 Å². The van der Waals surface area contributed by atoms with Crippen LogP contribution in [-0.4, -0.2) is 22.8 Å². The van der Waals surface area contributed by atoms with Crippen molar-refractivity contribution in [3.8, 4) is 28.6 Å². The summed E-state index contributed by atoms with van der Waals surface area (Å²) in [4.78, 5) is 7.39. The highest BCUT2D eigenvalue weighted by atomic mass is 16.5. The van der Waals surface area contributed by atoms with Crippen LogP contribution < -0.4 is 10.1 Å². The molecule has 2 aromatic carbocycles. The Hall–Kier alpha value is -3.17. The van der Waals surface area contributed by atoms with Crippen molar-refractivity contribution in [2.75, 3.05) is 6.54 Å². The molecule has 154 valence electrons. The molecule has 3 aromatic rings. The largest absolute Gasteiger partial charge is 0.502 e. The highest BCUT2D eigenvalue weighted by molar-refractivity contribution is 5.70. The first kappa shape index (κ1) is 10.2. The van der Waals surface area contributed by atoms with Gasteiger partial charge in [0.1, 0.15) is 5.75 Å². The average molecular weight is 415 g/mol. The standard InChI is InChI=1S/C24H26N4O2/c1-5-13-26-20-11-10-17-18(20)7-6-8-19(17)23-27-24(30-28-23)16-9-12-22(29-15(2)3)21(14-16)25-4/h6-9,12,14-15,20,26H,5,10-11,13H2,1-3H3/t20-/m0/s1/i5D2,6D,7D,8D,9D,10D2,12D,14D,15D,20D. The number of nitrogens with one attached hydrogen (secondary N) is 1. The number of nitrogens with zero attached hydrogens (tertiary/aromatic N) is 3. The molecule has 30 heavy (non-hydrogen) atoms. The second-order valence-electron chi connectivity index (χ2n) is 6.51. The minimum Gasteiger partial charge on any atom is -0.502 e. The first-order valence-corrected chi connectivity index (χ1v) is 9.08. The lowest BCUT2D eigenvalue weighted by atomic mass is 10.0. The van der Waals surface area contributed by atoms with Crippen molar-refractivity contribution in [1.29, 1.82) is 0 Å². The third-order valence-corrected chi connectivity index (χ3v) is 4.14. The van der Waals surface area contributed by atoms with E-state index in [4.69, 9.17) is 32.3 Å². The molecule has 1 atom stereocenters. The predicted molar refractivity (Wildman–Crippen MR) is 117 cm³/mol. The second kappa shape index (κ2) is 8.68. The highest BCUT2D eigenvalue weighted by Gasteiger charge is 2.26. The van der Waals surface area contributed by atoms with Gasteiger partial charge < -0.3 is 14.6 Å². The SMILES string of the molecule is [2H]c1c([2H])c(-c2noc(-c3c([2H])c([2H])c(OC([2H])(C)C)c([N+]#[C-])c3[2H])n2)c2c(c1[2H])[C@@]([2H])(NCC([2H])([2H])C)CC2([2H])[2H]. The molecule has 0 aliphatic heterocycles. The number of hydrogen-bond acceptors (Lipinski definition) is 5. The van der Waals surface area contributed by atoms with Gasteiger partial charge >= 0.3 is 0 Å². The fourth-order valence-corrected chi connectivity index (χ4v) is 2.86. The summed E-state index contributed by atoms with van der Waals surface area (Å²) >= 11 is 0. The van der Waals surface area contributed by atoms with Gasteiger partial charge in [-0.2, -0.15) is 4.98 Å². The zero-order chi connectivity index (χ0) is 31.7. The quantitative estimate of drug-likeness (QED) is 0.500. The van der Waals surface area contributed by atoms with Crippen LogP contribution in [0, 0.1) is 6.57 Å². The monoisotopic (exact) mass is 414 g/mol. The van der Waals surface area contributed by atoms with Gasteiger partial charge in [0.05, 0.1) is 22.2 Å². The molecular weight excluding hydrogens is 376 g/mol. The van der Waals surface area contributed by atoms with Crippen LogP contribution >= 0.6 is 0 Å². The van der Waals surface area contributed by atoms with Gasteiger partial charge in [0.15, 0.2) is 0 Å². The van der Waals surface area contributed by atoms with E-state index in [9.17, 15) is 0 Å². The second-order valence-corrected chi connectivity index (χ2v) is 6.51. The van der Waals surface area contributed by atoms with Crippen molar-refractivity contribution in [1.82, 2.24) is 15.5 Å². The number of aromatic nitrogens is 2. The van der Waals surface area contributed by atoms with Gasteiger partial charge in [-0.05, 0) is 68.8 Å². The fourth-order valence-electron chi connectivity index (χ4n) is 2.86. The van der Waals surface area contributed by atoms with Crippen LogP contribution in [0.2, 0.25) is 0 Å². The highest BCUT2D eigenvalue weighted by Crippen LogP contribution is 2.38. The maximum atomic E-state index is 8.94. The molecule has 0 fully saturated rings. The van der Waals surface area contributed by atoms with E-state index < -0.39 is 96.2 Å². The third-order valence-electron chi connectivity index (χ3n) is 4.14. The summed E-state index contributed by atoms with van der Waals surface area (Å²) in [5.41, 5.74) is -1.84. The number of fused-ring (bicyclic) bond motifs is 1. The van der Waals surface area contributed by atoms with E-state index >= 15 is 0 Å². The minimum atomic E-state index is -2.35. The molecule has 0 unspecified atom stereocenters. The van der Waals surface area contributed by atoms with Crippen molar-refractivity contribution in [3.05, 3.63) is 58.8 Å². The fraction of sp³-hybridized carbons (Fsp3) is 0.375. The zero-order valence-corrected chi connectivity index (χ0v) is 16.6. The van der Waals surface area contributed by atoms with Crippen LogP contribution in [0.5, 0.6) is 5.75 Å². The summed E-state index contributed by atoms with van der Waals surface area (Å²) in [6.07, 6.45) is -6.29. The molecule has 1 heterocycles. The van der Waals surface area contributed by atoms with Crippen molar-refractivity contribution in [3.63, 3.8) is 0 Å². The number of hydrogen-bond donors (Lipinski definition) is 1. The molecule has 0 amide bonds. The summed E-state index contributed by atoms with van der Waals surface area (Å²) in [6.45, 7) is 11.1. The zero-order valence-electron chi connectivity index (χ0n) is 28.6. The topological polar surface area (TPSA) is 64.5 Å². The molecule has 1 aliphatic rings. The molecule has 6 nitrogen and oxygen atoms in total. The van der Waals surface area contributed by atoms with Gasteiger partial charge in [-0.25, -0.2) is 4.85 Å². The Morgan fingerprint density at radius 3 is 3.13 bits per heavy atom. The smallest absolute Gasteiger partial charge is 0.256 e. The molecule has 1 aliphatic carbocycles. The molecule has 0 saturated carbocycles. The van der Waals surface area contributed by atoms with Gasteiger partial charge in [0, 0.05) is 24.0 Å². The Kier molecular flexibility index (Phi) is 2.96. The summed E-state index contributed by atoms with van der Waals surface area (Å²) < 4.78 is 111. The number of benzene rings is 2. The lowest BCUT2D eigenvalue weighted by Crippen LogP contribution is -2.19. The third kappa shape index (κ3) is 3.94. The maximum Gasteiger partial charge on any atom is 0.256 e. The molecule has 0 radical (unpaired) electrons. The molecule has 0 spiro atoms. The molecular formula is C24H26N4O2. The molecule has 4 rings (SSSR count). The van der Waals surface area contributed by atoms with Crippen LogP contribution in [0.25, 0.3) is 27.7 Å². The maximum absolute atomic E-state index is 8.94. The predicted octanol–water partition coefficient (Wildman–Crippen LogP) is 5.73. The summed E-state index contributed by atoms with van der Waals surface area (Å²) in [5.74, 6) is -1.40. The van der Waals surface area contributed by atoms with Crippen molar-refractivity contribution >= 4 is 5.69 Å². The molecule has 0 bridgehead atoms. The van der Waals surface area contributed by atoms with E-state index in [2.05, 4.69) is 20.3 Å². The summed E-state index contributed by atoms with van der Waals surface area (Å²) in [5, 5.41) is 6.46. The van der Waals surface area contributed by atoms with Gasteiger partial charge in [0.2, 0.25) is 11.5 Å². The van der Waals surface area contributed by atoms with E-state index in [-0.39, 0.29) is 23.2 Å². The van der Waals surface area contributed by atoms with E-state index in [1.54, 1.807) is 0 Å². The Balaban J connectivity index is 1.94. The first-order valence-electron chi connectivity index (χ1n) is 15.1. The van der Waals surface area contributed by atoms with E-state index in [1.165, 1.54) is 20.8 Å². The van der Waals surface area contributed by atoms with Crippen LogP contribution in [0.1, 0.15) is 67.2 Å². The van der Waals surface area contributed by atoms with E-state index in [0.717, 1.165) is 0 Å². The lowest BCUT2D eigenvalue weighted by Gasteiger charge is -2.13. The van der Waals surface area contributed by atoms with Gasteiger partial charge in [-0.3, -0.25) is 0 Å². The van der Waals surface area contributed by atoms with Gasteiger partial charge in [-0.15, -0.1) is 0 Å². The molecule has 1 aromatic heterocycles. The normalized spacial score (nSPS) is 25.9. The molecule has 1 N–H and O–H groups in total. The van der Waals surface area contributed by atoms with Crippen molar-refractivity contribution in [2.24, 2.45) is 0 Å². The van der Waals surface area contributed by atoms with Crippen LogP contribution in [0.3, 0.4) is 0 Å². The molecule has 6 heteroatoms. The first-order chi connectivity index (χ1) is 19.1. The number of rotatable bonds is 7. The Morgan fingerprint density at radius 2 is 2.37 bits per heavy atom.